The molecule has 0 saturated heterocycles. The van der Waals surface area contributed by atoms with E-state index in [2.05, 4.69) is 38.1 Å². The fourth-order valence-corrected chi connectivity index (χ4v) is 2.55. The molecule has 4 heteroatoms. The minimum atomic E-state index is -0.128. The van der Waals surface area contributed by atoms with Crippen molar-refractivity contribution < 1.29 is 4.79 Å². The smallest absolute Gasteiger partial charge is 0.227 e. The van der Waals surface area contributed by atoms with Crippen LogP contribution in [0.5, 0.6) is 0 Å². The summed E-state index contributed by atoms with van der Waals surface area (Å²) >= 11 is 0. The summed E-state index contributed by atoms with van der Waals surface area (Å²) in [5, 5.41) is 0. The highest BCUT2D eigenvalue weighted by Crippen LogP contribution is 2.16. The molecule has 1 aromatic rings. The largest absolute Gasteiger partial charge is 0.339 e. The van der Waals surface area contributed by atoms with Crippen molar-refractivity contribution in [3.63, 3.8) is 0 Å². The van der Waals surface area contributed by atoms with Gasteiger partial charge in [-0.15, -0.1) is 12.4 Å². The van der Waals surface area contributed by atoms with E-state index in [1.54, 1.807) is 0 Å². The van der Waals surface area contributed by atoms with Gasteiger partial charge >= 0.3 is 0 Å². The summed E-state index contributed by atoms with van der Waals surface area (Å²) in [5.74, 6) is 0.0449. The Balaban J connectivity index is 0.00000441. The summed E-state index contributed by atoms with van der Waals surface area (Å²) in [6.45, 7) is 10.8. The number of carbonyl (C=O) groups is 1. The van der Waals surface area contributed by atoms with Crippen LogP contribution in [0.4, 0.5) is 0 Å². The van der Waals surface area contributed by atoms with Gasteiger partial charge in [-0.2, -0.15) is 0 Å². The molecule has 1 amide bonds. The number of benzene rings is 1. The highest BCUT2D eigenvalue weighted by molar-refractivity contribution is 5.85. The Morgan fingerprint density at radius 2 is 1.73 bits per heavy atom. The number of nitrogens with zero attached hydrogens (tertiary/aromatic N) is 1. The lowest BCUT2D eigenvalue weighted by Gasteiger charge is -2.33. The maximum Gasteiger partial charge on any atom is 0.227 e. The monoisotopic (exact) mass is 326 g/mol. The fourth-order valence-electron chi connectivity index (χ4n) is 2.55. The lowest BCUT2D eigenvalue weighted by atomic mass is 9.97. The number of amides is 1. The highest BCUT2D eigenvalue weighted by Gasteiger charge is 2.27. The molecule has 22 heavy (non-hydrogen) atoms. The number of hydrogen-bond acceptors (Lipinski definition) is 2. The number of carbonyl (C=O) groups excluding carboxylic acids is 1. The van der Waals surface area contributed by atoms with Crippen LogP contribution in [0.2, 0.25) is 0 Å². The topological polar surface area (TPSA) is 46.3 Å². The van der Waals surface area contributed by atoms with Gasteiger partial charge in [-0.3, -0.25) is 4.79 Å². The van der Waals surface area contributed by atoms with E-state index in [-0.39, 0.29) is 36.3 Å². The second-order valence-corrected chi connectivity index (χ2v) is 6.02. The highest BCUT2D eigenvalue weighted by atomic mass is 35.5. The van der Waals surface area contributed by atoms with Gasteiger partial charge in [-0.25, -0.2) is 0 Å². The first-order chi connectivity index (χ1) is 9.90. The maximum absolute atomic E-state index is 12.6. The Hall–Kier alpha value is -1.06. The van der Waals surface area contributed by atoms with Gasteiger partial charge in [0, 0.05) is 18.6 Å². The van der Waals surface area contributed by atoms with Crippen molar-refractivity contribution in [2.24, 2.45) is 11.7 Å². The number of nitrogens with two attached hydrogens (primary N) is 1. The Bertz CT molecular complexity index is 445. The minimum absolute atomic E-state index is 0. The third-order valence-corrected chi connectivity index (χ3v) is 4.31. The van der Waals surface area contributed by atoms with Gasteiger partial charge in [0.05, 0.1) is 5.92 Å². The van der Waals surface area contributed by atoms with E-state index in [0.717, 1.165) is 19.4 Å². The quantitative estimate of drug-likeness (QED) is 0.832. The van der Waals surface area contributed by atoms with Crippen molar-refractivity contribution in [2.45, 2.75) is 59.5 Å². The van der Waals surface area contributed by atoms with E-state index < -0.39 is 0 Å². The third kappa shape index (κ3) is 5.62. The van der Waals surface area contributed by atoms with Crippen LogP contribution < -0.4 is 5.73 Å². The van der Waals surface area contributed by atoms with E-state index in [0.29, 0.717) is 0 Å². The van der Waals surface area contributed by atoms with Crippen LogP contribution in [0.15, 0.2) is 24.3 Å². The van der Waals surface area contributed by atoms with Gasteiger partial charge in [-0.05, 0) is 39.2 Å². The molecule has 0 heterocycles. The molecular weight excluding hydrogens is 296 g/mol. The fraction of sp³-hybridized carbons (Fsp3) is 0.611. The summed E-state index contributed by atoms with van der Waals surface area (Å²) in [7, 11) is 0. The molecule has 0 aliphatic heterocycles. The SMILES string of the molecule is CCC(Cc1ccc(C)cc1)N(CC)C(=O)C(C)C(C)N.Cl. The van der Waals surface area contributed by atoms with E-state index in [4.69, 9.17) is 5.73 Å². The number of hydrogen-bond donors (Lipinski definition) is 1. The van der Waals surface area contributed by atoms with Crippen LogP contribution in [0.1, 0.15) is 45.2 Å². The molecule has 0 aliphatic carbocycles. The van der Waals surface area contributed by atoms with Crippen LogP contribution >= 0.6 is 12.4 Å². The van der Waals surface area contributed by atoms with Gasteiger partial charge in [0.15, 0.2) is 0 Å². The minimum Gasteiger partial charge on any atom is -0.339 e. The Kier molecular flexibility index (Phi) is 9.38. The van der Waals surface area contributed by atoms with Crippen molar-refractivity contribution in [2.75, 3.05) is 6.54 Å². The molecule has 0 bridgehead atoms. The number of likely N-dealkylation sites (N-methyl/N-ethyl adjacent to an activating group) is 1. The van der Waals surface area contributed by atoms with Gasteiger partial charge < -0.3 is 10.6 Å². The summed E-state index contributed by atoms with van der Waals surface area (Å²) in [6.07, 6.45) is 1.86. The van der Waals surface area contributed by atoms with Crippen LogP contribution in [0.3, 0.4) is 0 Å². The molecule has 1 aromatic carbocycles. The molecule has 0 fully saturated rings. The summed E-state index contributed by atoms with van der Waals surface area (Å²) in [5.41, 5.74) is 8.44. The maximum atomic E-state index is 12.6. The Morgan fingerprint density at radius 1 is 1.18 bits per heavy atom. The van der Waals surface area contributed by atoms with Crippen molar-refractivity contribution in [3.8, 4) is 0 Å². The van der Waals surface area contributed by atoms with Crippen molar-refractivity contribution in [1.82, 2.24) is 4.90 Å². The number of aryl methyl sites for hydroxylation is 1. The lowest BCUT2D eigenvalue weighted by molar-refractivity contribution is -0.137. The third-order valence-electron chi connectivity index (χ3n) is 4.31. The van der Waals surface area contributed by atoms with Crippen molar-refractivity contribution >= 4 is 18.3 Å². The van der Waals surface area contributed by atoms with Crippen LogP contribution in [-0.2, 0) is 11.2 Å². The van der Waals surface area contributed by atoms with E-state index in [1.807, 2.05) is 25.7 Å². The zero-order valence-corrected chi connectivity index (χ0v) is 15.3. The standard InChI is InChI=1S/C18H30N2O.ClH/c1-6-17(12-16-10-8-13(3)9-11-16)20(7-2)18(21)14(4)15(5)19;/h8-11,14-15,17H,6-7,12,19H2,1-5H3;1H. The molecule has 3 atom stereocenters. The predicted octanol–water partition coefficient (Wildman–Crippen LogP) is 3.57. The van der Waals surface area contributed by atoms with Gasteiger partial charge in [0.1, 0.15) is 0 Å². The van der Waals surface area contributed by atoms with Crippen molar-refractivity contribution in [1.29, 1.82) is 0 Å². The molecule has 1 rings (SSSR count). The van der Waals surface area contributed by atoms with E-state index >= 15 is 0 Å². The van der Waals surface area contributed by atoms with E-state index in [9.17, 15) is 4.79 Å². The average Bonchev–Trinajstić information content (AvgIpc) is 2.47. The molecule has 3 nitrogen and oxygen atoms in total. The zero-order chi connectivity index (χ0) is 16.0. The predicted molar refractivity (Wildman–Crippen MR) is 96.4 cm³/mol. The Labute approximate surface area is 141 Å². The molecule has 0 radical (unpaired) electrons. The molecule has 3 unspecified atom stereocenters. The first kappa shape index (κ1) is 20.9. The van der Waals surface area contributed by atoms with Crippen LogP contribution in [0.25, 0.3) is 0 Å². The molecule has 2 N–H and O–H groups in total. The lowest BCUT2D eigenvalue weighted by Crippen LogP contribution is -2.47. The first-order valence-electron chi connectivity index (χ1n) is 8.02. The van der Waals surface area contributed by atoms with Crippen LogP contribution in [0, 0.1) is 12.8 Å². The number of halogens is 1. The molecule has 126 valence electrons. The van der Waals surface area contributed by atoms with Gasteiger partial charge in [0.25, 0.3) is 0 Å². The zero-order valence-electron chi connectivity index (χ0n) is 14.5. The Morgan fingerprint density at radius 3 is 2.14 bits per heavy atom. The van der Waals surface area contributed by atoms with Gasteiger partial charge in [-0.1, -0.05) is 43.7 Å². The normalized spacial score (nSPS) is 14.6. The summed E-state index contributed by atoms with van der Waals surface area (Å²) in [4.78, 5) is 14.6. The van der Waals surface area contributed by atoms with Crippen LogP contribution in [-0.4, -0.2) is 29.4 Å². The van der Waals surface area contributed by atoms with E-state index in [1.165, 1.54) is 11.1 Å². The number of rotatable bonds is 7. The molecule has 0 saturated carbocycles. The molecule has 0 aromatic heterocycles. The summed E-state index contributed by atoms with van der Waals surface area (Å²) < 4.78 is 0. The first-order valence-corrected chi connectivity index (χ1v) is 8.02. The second kappa shape index (κ2) is 9.86. The molecule has 0 aliphatic rings. The average molecular weight is 327 g/mol. The van der Waals surface area contributed by atoms with Crippen molar-refractivity contribution in [3.05, 3.63) is 35.4 Å². The summed E-state index contributed by atoms with van der Waals surface area (Å²) in [6, 6.07) is 8.71. The molecular formula is C18H31ClN2O. The second-order valence-electron chi connectivity index (χ2n) is 6.02. The molecule has 0 spiro atoms. The van der Waals surface area contributed by atoms with Gasteiger partial charge in [0.2, 0.25) is 5.91 Å².